The summed E-state index contributed by atoms with van der Waals surface area (Å²) in [6, 6.07) is 0. The van der Waals surface area contributed by atoms with E-state index in [1.165, 1.54) is 0 Å². The van der Waals surface area contributed by atoms with Gasteiger partial charge < -0.3 is 9.84 Å². The monoisotopic (exact) mass is 166 g/mol. The van der Waals surface area contributed by atoms with Crippen LogP contribution in [0.15, 0.2) is 0 Å². The van der Waals surface area contributed by atoms with Crippen molar-refractivity contribution in [3.05, 3.63) is 0 Å². The van der Waals surface area contributed by atoms with Crippen LogP contribution in [-0.4, -0.2) is 40.1 Å². The largest absolute Gasteiger partial charge is 0.394 e. The van der Waals surface area contributed by atoms with Crippen molar-refractivity contribution in [3.8, 4) is 0 Å². The summed E-state index contributed by atoms with van der Waals surface area (Å²) in [6.45, 7) is -0.749. The molecule has 1 saturated heterocycles. The minimum atomic E-state index is -0.997. The minimum absolute atomic E-state index is 0.139. The Labute approximate surface area is 64.2 Å². The molecule has 0 radical (unpaired) electrons. The van der Waals surface area contributed by atoms with Crippen LogP contribution in [0, 0.1) is 0 Å². The van der Waals surface area contributed by atoms with Gasteiger partial charge in [0.25, 0.3) is 0 Å². The highest BCUT2D eigenvalue weighted by atomic mass is 32.2. The van der Waals surface area contributed by atoms with Crippen molar-refractivity contribution in [2.45, 2.75) is 17.8 Å². The molecule has 0 aliphatic carbocycles. The van der Waals surface area contributed by atoms with Gasteiger partial charge in [0.1, 0.15) is 0 Å². The molecule has 0 aromatic carbocycles. The van der Waals surface area contributed by atoms with Crippen molar-refractivity contribution in [2.75, 3.05) is 19.4 Å². The second-order valence-corrected chi connectivity index (χ2v) is 3.90. The zero-order valence-electron chi connectivity index (χ0n) is 6.82. The van der Waals surface area contributed by atoms with E-state index >= 15 is 0 Å². The Balaban J connectivity index is 2.57. The molecular weight excluding hydrogens is 152 g/mol. The number of hydrogen-bond donors (Lipinski definition) is 1. The summed E-state index contributed by atoms with van der Waals surface area (Å²) in [6.07, 6.45) is 1.65. The lowest BCUT2D eigenvalue weighted by Gasteiger charge is -2.12. The van der Waals surface area contributed by atoms with Crippen LogP contribution in [0.1, 0.15) is 7.79 Å². The molecule has 4 heteroatoms. The molecule has 0 bridgehead atoms. The number of hydrogen-bond acceptors (Lipinski definition) is 3. The summed E-state index contributed by atoms with van der Waals surface area (Å²) >= 11 is 0. The molecule has 0 spiro atoms. The van der Waals surface area contributed by atoms with Gasteiger partial charge >= 0.3 is 0 Å². The molecule has 1 heterocycles. The van der Waals surface area contributed by atoms with Crippen LogP contribution in [0.3, 0.4) is 0 Å². The van der Waals surface area contributed by atoms with Gasteiger partial charge in [-0.15, -0.1) is 0 Å². The van der Waals surface area contributed by atoms with Gasteiger partial charge in [-0.3, -0.25) is 4.21 Å². The Hall–Kier alpha value is 0.0700. The summed E-state index contributed by atoms with van der Waals surface area (Å²) in [5.74, 6) is 0. The van der Waals surface area contributed by atoms with Crippen molar-refractivity contribution in [1.82, 2.24) is 0 Å². The fourth-order valence-electron chi connectivity index (χ4n) is 1.02. The molecule has 3 unspecified atom stereocenters. The predicted octanol–water partition coefficient (Wildman–Crippen LogP) is -0.485. The molecule has 4 atom stereocenters. The quantitative estimate of drug-likeness (QED) is 0.602. The summed E-state index contributed by atoms with van der Waals surface area (Å²) in [4.78, 5) is 0. The van der Waals surface area contributed by atoms with Crippen LogP contribution >= 0.6 is 0 Å². The van der Waals surface area contributed by atoms with Crippen LogP contribution in [0.2, 0.25) is 0 Å². The zero-order chi connectivity index (χ0) is 8.43. The molecule has 0 saturated carbocycles. The summed E-state index contributed by atoms with van der Waals surface area (Å²) in [5.41, 5.74) is 0. The Kier molecular flexibility index (Phi) is 2.34. The molecule has 0 aromatic rings. The third-order valence-electron chi connectivity index (χ3n) is 1.62. The minimum Gasteiger partial charge on any atom is -0.394 e. The van der Waals surface area contributed by atoms with Crippen LogP contribution < -0.4 is 0 Å². The van der Waals surface area contributed by atoms with Gasteiger partial charge in [0, 0.05) is 23.6 Å². The smallest absolute Gasteiger partial charge is 0.0949 e. The average Bonchev–Trinajstić information content (AvgIpc) is 2.30. The maximum Gasteiger partial charge on any atom is 0.0949 e. The van der Waals surface area contributed by atoms with Gasteiger partial charge in [0.05, 0.1) is 19.3 Å². The predicted molar refractivity (Wildman–Crippen MR) is 39.3 cm³/mol. The van der Waals surface area contributed by atoms with Gasteiger partial charge in [0.15, 0.2) is 0 Å². The lowest BCUT2D eigenvalue weighted by Crippen LogP contribution is -2.28. The van der Waals surface area contributed by atoms with Crippen molar-refractivity contribution in [2.24, 2.45) is 0 Å². The van der Waals surface area contributed by atoms with E-state index in [1.54, 1.807) is 6.26 Å². The van der Waals surface area contributed by atoms with E-state index in [9.17, 15) is 4.21 Å². The normalized spacial score (nSPS) is 45.0. The van der Waals surface area contributed by atoms with Gasteiger partial charge in [-0.1, -0.05) is 0 Å². The van der Waals surface area contributed by atoms with E-state index in [2.05, 4.69) is 0 Å². The molecule has 1 fully saturated rings. The summed E-state index contributed by atoms with van der Waals surface area (Å²) < 4.78 is 23.2. The second kappa shape index (κ2) is 3.46. The topological polar surface area (TPSA) is 46.5 Å². The van der Waals surface area contributed by atoms with Gasteiger partial charge in [-0.2, -0.15) is 0 Å². The van der Waals surface area contributed by atoms with Gasteiger partial charge in [0.2, 0.25) is 0 Å². The van der Waals surface area contributed by atoms with Crippen molar-refractivity contribution in [1.29, 1.82) is 0 Å². The third-order valence-corrected chi connectivity index (χ3v) is 2.97. The van der Waals surface area contributed by atoms with E-state index in [-0.39, 0.29) is 11.9 Å². The lowest BCUT2D eigenvalue weighted by atomic mass is 10.2. The number of rotatable bonds is 2. The highest BCUT2D eigenvalue weighted by molar-refractivity contribution is 7.85. The molecule has 60 valence electrons. The number of aliphatic hydroxyl groups is 1. The molecule has 1 aliphatic rings. The van der Waals surface area contributed by atoms with E-state index in [1.807, 2.05) is 0 Å². The standard InChI is InChI=1S/C6H12O3S/c1-10(8)6-2-3-9-5(6)4-7/h5-7H,2-4H2,1H3/t5-,6?,10?/m1/s1/i3T/t3?,5-,6?,10?. The van der Waals surface area contributed by atoms with Crippen LogP contribution in [0.5, 0.6) is 0 Å². The van der Waals surface area contributed by atoms with Crippen LogP contribution in [-0.2, 0) is 15.5 Å². The first-order chi connectivity index (χ1) is 5.15. The van der Waals surface area contributed by atoms with Crippen molar-refractivity contribution in [3.63, 3.8) is 0 Å². The molecule has 1 aliphatic heterocycles. The molecule has 1 rings (SSSR count). The van der Waals surface area contributed by atoms with E-state index in [0.717, 1.165) is 0 Å². The Morgan fingerprint density at radius 2 is 2.70 bits per heavy atom. The molecular formula is C6H12O3S. The molecule has 3 nitrogen and oxygen atoms in total. The first-order valence-electron chi connectivity index (χ1n) is 3.73. The molecule has 10 heavy (non-hydrogen) atoms. The highest BCUT2D eigenvalue weighted by Gasteiger charge is 2.30. The maximum absolute atomic E-state index is 11.0. The third kappa shape index (κ3) is 1.56. The molecule has 0 amide bonds. The summed E-state index contributed by atoms with van der Waals surface area (Å²) in [7, 11) is -0.997. The SMILES string of the molecule is [3H]C1CC(S(C)=O)[C@@H](CO)O1. The molecule has 0 aromatic heterocycles. The van der Waals surface area contributed by atoms with Gasteiger partial charge in [-0.25, -0.2) is 0 Å². The van der Waals surface area contributed by atoms with Crippen LogP contribution in [0.25, 0.3) is 0 Å². The highest BCUT2D eigenvalue weighted by Crippen LogP contribution is 2.17. The number of ether oxygens (including phenoxy) is 1. The Morgan fingerprint density at radius 1 is 2.00 bits per heavy atom. The van der Waals surface area contributed by atoms with Crippen molar-refractivity contribution >= 4 is 10.8 Å². The lowest BCUT2D eigenvalue weighted by molar-refractivity contribution is 0.0607. The summed E-state index contributed by atoms with van der Waals surface area (Å²) in [5, 5.41) is 8.60. The van der Waals surface area contributed by atoms with E-state index in [4.69, 9.17) is 11.2 Å². The fraction of sp³-hybridized carbons (Fsp3) is 1.00. The van der Waals surface area contributed by atoms with Crippen molar-refractivity contribution < 1.29 is 15.4 Å². The molecule has 1 N–H and O–H groups in total. The fourth-order valence-corrected chi connectivity index (χ4v) is 1.95. The average molecular weight is 166 g/mol. The Bertz CT molecular complexity index is 164. The first-order valence-corrected chi connectivity index (χ1v) is 4.78. The van der Waals surface area contributed by atoms with Gasteiger partial charge in [-0.05, 0) is 6.42 Å². The van der Waals surface area contributed by atoms with E-state index in [0.29, 0.717) is 6.42 Å². The Morgan fingerprint density at radius 3 is 3.10 bits per heavy atom. The second-order valence-electron chi connectivity index (χ2n) is 2.30. The zero-order valence-corrected chi connectivity index (χ0v) is 6.63. The maximum atomic E-state index is 11.0. The first kappa shape index (κ1) is 6.76. The van der Waals surface area contributed by atoms with E-state index < -0.39 is 23.5 Å². The number of aliphatic hydroxyl groups excluding tert-OH is 1. The van der Waals surface area contributed by atoms with Crippen LogP contribution in [0.4, 0.5) is 0 Å².